The molecular formula is C16H25ClN2O4S. The van der Waals surface area contributed by atoms with Crippen molar-refractivity contribution >= 4 is 33.2 Å². The average molecular weight is 377 g/mol. The Labute approximate surface area is 149 Å². The number of ether oxygens (including phenoxy) is 1. The van der Waals surface area contributed by atoms with Crippen LogP contribution >= 0.6 is 11.6 Å². The molecule has 2 atom stereocenters. The molecule has 1 amide bonds. The van der Waals surface area contributed by atoms with Gasteiger partial charge in [-0.2, -0.15) is 0 Å². The Morgan fingerprint density at radius 2 is 2.00 bits per heavy atom. The van der Waals surface area contributed by atoms with E-state index in [1.54, 1.807) is 19.1 Å². The van der Waals surface area contributed by atoms with Gasteiger partial charge in [0.05, 0.1) is 24.1 Å². The van der Waals surface area contributed by atoms with Gasteiger partial charge in [-0.05, 0) is 38.5 Å². The van der Waals surface area contributed by atoms with Gasteiger partial charge in [-0.15, -0.1) is 0 Å². The van der Waals surface area contributed by atoms with Crippen molar-refractivity contribution in [1.29, 1.82) is 0 Å². The Morgan fingerprint density at radius 1 is 1.38 bits per heavy atom. The number of nitrogens with zero attached hydrogens (tertiary/aromatic N) is 1. The monoisotopic (exact) mass is 376 g/mol. The number of rotatable bonds is 8. The summed E-state index contributed by atoms with van der Waals surface area (Å²) in [7, 11) is -2.20. The predicted molar refractivity (Wildman–Crippen MR) is 97.3 cm³/mol. The summed E-state index contributed by atoms with van der Waals surface area (Å²) in [6, 6.07) is 3.68. The van der Waals surface area contributed by atoms with Gasteiger partial charge in [-0.1, -0.05) is 24.9 Å². The molecule has 0 aliphatic rings. The molecule has 0 saturated carbocycles. The number of anilines is 1. The highest BCUT2D eigenvalue weighted by atomic mass is 35.5. The van der Waals surface area contributed by atoms with Gasteiger partial charge < -0.3 is 10.1 Å². The van der Waals surface area contributed by atoms with Crippen LogP contribution in [0.1, 0.15) is 33.6 Å². The van der Waals surface area contributed by atoms with Gasteiger partial charge in [0, 0.05) is 6.04 Å². The number of halogens is 1. The van der Waals surface area contributed by atoms with E-state index in [-0.39, 0.29) is 17.0 Å². The summed E-state index contributed by atoms with van der Waals surface area (Å²) in [4.78, 5) is 12.4. The summed E-state index contributed by atoms with van der Waals surface area (Å²) in [6.07, 6.45) is 2.82. The number of methoxy groups -OCH3 is 1. The number of carbonyl (C=O) groups excluding carboxylic acids is 1. The number of sulfonamides is 1. The van der Waals surface area contributed by atoms with E-state index in [0.29, 0.717) is 11.4 Å². The van der Waals surface area contributed by atoms with Crippen molar-refractivity contribution < 1.29 is 17.9 Å². The molecular weight excluding hydrogens is 352 g/mol. The third-order valence-corrected chi connectivity index (χ3v) is 5.13. The van der Waals surface area contributed by atoms with Crippen LogP contribution in [0.15, 0.2) is 18.2 Å². The number of nitrogens with one attached hydrogen (secondary N) is 1. The van der Waals surface area contributed by atoms with Crippen molar-refractivity contribution in [2.24, 2.45) is 0 Å². The van der Waals surface area contributed by atoms with Crippen LogP contribution in [-0.4, -0.2) is 39.8 Å². The molecule has 0 unspecified atom stereocenters. The fraction of sp³-hybridized carbons (Fsp3) is 0.562. The third-order valence-electron chi connectivity index (χ3n) is 3.59. The zero-order chi connectivity index (χ0) is 18.5. The molecule has 136 valence electrons. The van der Waals surface area contributed by atoms with Gasteiger partial charge in [0.15, 0.2) is 0 Å². The van der Waals surface area contributed by atoms with Crippen LogP contribution in [-0.2, 0) is 14.8 Å². The molecule has 0 fully saturated rings. The first kappa shape index (κ1) is 20.6. The fourth-order valence-corrected chi connectivity index (χ4v) is 3.89. The lowest BCUT2D eigenvalue weighted by atomic mass is 10.2. The van der Waals surface area contributed by atoms with Gasteiger partial charge in [-0.3, -0.25) is 9.10 Å². The van der Waals surface area contributed by atoms with Gasteiger partial charge in [0.2, 0.25) is 15.9 Å². The van der Waals surface area contributed by atoms with E-state index < -0.39 is 16.1 Å². The van der Waals surface area contributed by atoms with Crippen molar-refractivity contribution in [3.8, 4) is 5.75 Å². The topological polar surface area (TPSA) is 75.7 Å². The van der Waals surface area contributed by atoms with Gasteiger partial charge in [0.1, 0.15) is 11.8 Å². The Morgan fingerprint density at radius 3 is 2.46 bits per heavy atom. The minimum Gasteiger partial charge on any atom is -0.495 e. The summed E-state index contributed by atoms with van der Waals surface area (Å²) in [5.74, 6) is 0.0795. The molecule has 1 aromatic carbocycles. The van der Waals surface area contributed by atoms with Crippen molar-refractivity contribution in [3.05, 3.63) is 23.2 Å². The molecule has 6 nitrogen and oxygen atoms in total. The number of amides is 1. The molecule has 0 heterocycles. The number of hydrogen-bond acceptors (Lipinski definition) is 4. The van der Waals surface area contributed by atoms with Crippen LogP contribution in [0.25, 0.3) is 0 Å². The van der Waals surface area contributed by atoms with Crippen molar-refractivity contribution in [2.75, 3.05) is 17.7 Å². The Bertz CT molecular complexity index is 679. The zero-order valence-corrected chi connectivity index (χ0v) is 16.2. The van der Waals surface area contributed by atoms with E-state index in [1.165, 1.54) is 13.2 Å². The highest BCUT2D eigenvalue weighted by Gasteiger charge is 2.30. The molecule has 0 aliphatic carbocycles. The van der Waals surface area contributed by atoms with Gasteiger partial charge >= 0.3 is 0 Å². The number of benzene rings is 1. The van der Waals surface area contributed by atoms with Crippen LogP contribution in [0, 0.1) is 0 Å². The number of carbonyl (C=O) groups is 1. The molecule has 24 heavy (non-hydrogen) atoms. The summed E-state index contributed by atoms with van der Waals surface area (Å²) in [5, 5.41) is 3.11. The summed E-state index contributed by atoms with van der Waals surface area (Å²) < 4.78 is 30.6. The minimum absolute atomic E-state index is 0.0224. The third kappa shape index (κ3) is 5.27. The second-order valence-corrected chi connectivity index (χ2v) is 8.02. The zero-order valence-electron chi connectivity index (χ0n) is 14.7. The second kappa shape index (κ2) is 8.58. The van der Waals surface area contributed by atoms with Crippen molar-refractivity contribution in [3.63, 3.8) is 0 Å². The first-order chi connectivity index (χ1) is 11.1. The Balaban J connectivity index is 3.14. The van der Waals surface area contributed by atoms with Gasteiger partial charge in [-0.25, -0.2) is 8.42 Å². The van der Waals surface area contributed by atoms with E-state index in [0.717, 1.165) is 23.4 Å². The maximum atomic E-state index is 12.4. The molecule has 1 rings (SSSR count). The largest absolute Gasteiger partial charge is 0.495 e. The number of hydrogen-bond donors (Lipinski definition) is 1. The molecule has 0 spiro atoms. The predicted octanol–water partition coefficient (Wildman–Crippen LogP) is 2.81. The summed E-state index contributed by atoms with van der Waals surface area (Å²) in [5.41, 5.74) is 0.314. The Kier molecular flexibility index (Phi) is 7.35. The van der Waals surface area contributed by atoms with Crippen LogP contribution in [0.2, 0.25) is 5.02 Å². The van der Waals surface area contributed by atoms with Crippen LogP contribution < -0.4 is 14.4 Å². The highest BCUT2D eigenvalue weighted by molar-refractivity contribution is 7.92. The van der Waals surface area contributed by atoms with E-state index in [4.69, 9.17) is 16.3 Å². The second-order valence-electron chi connectivity index (χ2n) is 5.75. The molecule has 0 aliphatic heterocycles. The molecule has 0 aromatic heterocycles. The standard InChI is InChI=1S/C16H25ClN2O4S/c1-6-7-11(2)18-16(20)12(3)19(24(5,21)22)13-8-9-15(23-4)14(17)10-13/h8-12H,6-7H2,1-5H3,(H,18,20)/t11-,12-/m1/s1. The summed E-state index contributed by atoms with van der Waals surface area (Å²) >= 11 is 6.09. The van der Waals surface area contributed by atoms with E-state index in [1.807, 2.05) is 13.8 Å². The van der Waals surface area contributed by atoms with Crippen LogP contribution in [0.5, 0.6) is 5.75 Å². The average Bonchev–Trinajstić information content (AvgIpc) is 2.46. The SMILES string of the molecule is CCC[C@@H](C)NC(=O)[C@@H](C)N(c1ccc(OC)c(Cl)c1)S(C)(=O)=O. The summed E-state index contributed by atoms with van der Waals surface area (Å²) in [6.45, 7) is 5.46. The lowest BCUT2D eigenvalue weighted by Gasteiger charge is -2.29. The minimum atomic E-state index is -3.67. The lowest BCUT2D eigenvalue weighted by Crippen LogP contribution is -2.49. The van der Waals surface area contributed by atoms with Crippen LogP contribution in [0.4, 0.5) is 5.69 Å². The molecule has 1 N–H and O–H groups in total. The van der Waals surface area contributed by atoms with Crippen LogP contribution in [0.3, 0.4) is 0 Å². The van der Waals surface area contributed by atoms with Crippen molar-refractivity contribution in [1.82, 2.24) is 5.32 Å². The lowest BCUT2D eigenvalue weighted by molar-refractivity contribution is -0.122. The maximum Gasteiger partial charge on any atom is 0.243 e. The van der Waals surface area contributed by atoms with E-state index in [2.05, 4.69) is 5.32 Å². The van der Waals surface area contributed by atoms with E-state index in [9.17, 15) is 13.2 Å². The normalized spacial score (nSPS) is 13.9. The highest BCUT2D eigenvalue weighted by Crippen LogP contribution is 2.31. The van der Waals surface area contributed by atoms with E-state index >= 15 is 0 Å². The quantitative estimate of drug-likeness (QED) is 0.756. The first-order valence-electron chi connectivity index (χ1n) is 7.75. The van der Waals surface area contributed by atoms with Gasteiger partial charge in [0.25, 0.3) is 0 Å². The molecule has 0 bridgehead atoms. The first-order valence-corrected chi connectivity index (χ1v) is 9.97. The molecule has 0 radical (unpaired) electrons. The fourth-order valence-electron chi connectivity index (χ4n) is 2.47. The molecule has 8 heteroatoms. The smallest absolute Gasteiger partial charge is 0.243 e. The maximum absolute atomic E-state index is 12.4. The molecule has 0 saturated heterocycles. The Hall–Kier alpha value is -1.47. The molecule has 1 aromatic rings. The van der Waals surface area contributed by atoms with Crippen molar-refractivity contribution in [2.45, 2.75) is 45.7 Å².